The van der Waals surface area contributed by atoms with Crippen LogP contribution in [0.2, 0.25) is 0 Å². The molecular weight excluding hydrogens is 482 g/mol. The molecule has 194 valence electrons. The third-order valence-electron chi connectivity index (χ3n) is 5.90. The number of nitrogens with zero attached hydrogens (tertiary/aromatic N) is 2. The van der Waals surface area contributed by atoms with E-state index in [2.05, 4.69) is 29.0 Å². The average molecular weight is 517 g/mol. The van der Waals surface area contributed by atoms with Crippen LogP contribution in [-0.2, 0) is 12.1 Å². The van der Waals surface area contributed by atoms with Gasteiger partial charge >= 0.3 is 0 Å². The van der Waals surface area contributed by atoms with Gasteiger partial charge in [-0.15, -0.1) is 11.3 Å². The fourth-order valence-electron chi connectivity index (χ4n) is 4.04. The topological polar surface area (TPSA) is 91.5 Å². The van der Waals surface area contributed by atoms with Crippen molar-refractivity contribution in [3.8, 4) is 10.4 Å². The number of thiophene rings is 1. The van der Waals surface area contributed by atoms with Gasteiger partial charge in [-0.1, -0.05) is 19.9 Å². The average Bonchev–Trinajstić information content (AvgIpc) is 3.18. The highest BCUT2D eigenvalue weighted by molar-refractivity contribution is 7.20. The van der Waals surface area contributed by atoms with Crippen LogP contribution >= 0.6 is 11.3 Å². The van der Waals surface area contributed by atoms with Crippen molar-refractivity contribution in [2.24, 2.45) is 5.73 Å². The number of halogens is 2. The van der Waals surface area contributed by atoms with Crippen molar-refractivity contribution in [2.45, 2.75) is 59.6 Å². The van der Waals surface area contributed by atoms with E-state index in [0.29, 0.717) is 10.8 Å². The lowest BCUT2D eigenvalue weighted by Gasteiger charge is -2.22. The van der Waals surface area contributed by atoms with Crippen molar-refractivity contribution < 1.29 is 18.7 Å². The predicted molar refractivity (Wildman–Crippen MR) is 142 cm³/mol. The molecular formula is C27H34F2N4O2S. The number of carbonyl (C=O) groups excluding carboxylic acids is 1. The van der Waals surface area contributed by atoms with Gasteiger partial charge in [0.15, 0.2) is 0 Å². The molecule has 0 aliphatic rings. The molecule has 0 saturated heterocycles. The first-order valence-corrected chi connectivity index (χ1v) is 12.9. The summed E-state index contributed by atoms with van der Waals surface area (Å²) in [6, 6.07) is 7.38. The number of amides is 1. The standard InChI is InChI=1S/C27H34F2N4O2S/c1-6-10-33(11-7-2)15-17-8-9-23(31-16(17)3)32-26-19(25(30)34)14-22(36-26)24-20(28)12-18(13-21(24)29)27(4,5)35/h8-9,12-14,35H,6-7,10-11,15H2,1-5H3,(H2,30,34)(H,31,32). The first kappa shape index (κ1) is 27.7. The number of pyridine rings is 1. The molecule has 6 nitrogen and oxygen atoms in total. The number of anilines is 2. The summed E-state index contributed by atoms with van der Waals surface area (Å²) < 4.78 is 29.8. The molecule has 0 radical (unpaired) electrons. The summed E-state index contributed by atoms with van der Waals surface area (Å²) in [6.07, 6.45) is 2.15. The van der Waals surface area contributed by atoms with E-state index >= 15 is 0 Å². The van der Waals surface area contributed by atoms with Crippen LogP contribution in [0.5, 0.6) is 0 Å². The summed E-state index contributed by atoms with van der Waals surface area (Å²) in [6.45, 7) is 12.0. The maximum absolute atomic E-state index is 14.9. The Morgan fingerprint density at radius 1 is 1.14 bits per heavy atom. The van der Waals surface area contributed by atoms with E-state index in [1.807, 2.05) is 19.1 Å². The molecule has 4 N–H and O–H groups in total. The van der Waals surface area contributed by atoms with Crippen LogP contribution < -0.4 is 11.1 Å². The molecule has 0 bridgehead atoms. The zero-order valence-corrected chi connectivity index (χ0v) is 22.2. The molecule has 9 heteroatoms. The third kappa shape index (κ3) is 6.46. The van der Waals surface area contributed by atoms with Crippen molar-refractivity contribution in [1.82, 2.24) is 9.88 Å². The molecule has 2 aromatic heterocycles. The molecule has 0 unspecified atom stereocenters. The van der Waals surface area contributed by atoms with Crippen LogP contribution in [0.4, 0.5) is 19.6 Å². The SMILES string of the molecule is CCCN(CCC)Cc1ccc(Nc2sc(-c3c(F)cc(C(C)(C)O)cc3F)cc2C(N)=O)nc1C. The van der Waals surface area contributed by atoms with E-state index in [0.717, 1.165) is 67.2 Å². The molecule has 2 heterocycles. The second kappa shape index (κ2) is 11.5. The Labute approximate surface area is 215 Å². The summed E-state index contributed by atoms with van der Waals surface area (Å²) in [5.74, 6) is -1.89. The van der Waals surface area contributed by atoms with Crippen molar-refractivity contribution >= 4 is 28.1 Å². The fraction of sp³-hybridized carbons (Fsp3) is 0.407. The van der Waals surface area contributed by atoms with Crippen LogP contribution in [0.1, 0.15) is 67.7 Å². The fourth-order valence-corrected chi connectivity index (χ4v) is 5.16. The summed E-state index contributed by atoms with van der Waals surface area (Å²) in [5.41, 5.74) is 6.07. The lowest BCUT2D eigenvalue weighted by molar-refractivity contribution is 0.0778. The normalized spacial score (nSPS) is 11.8. The van der Waals surface area contributed by atoms with Gasteiger partial charge in [0.2, 0.25) is 0 Å². The highest BCUT2D eigenvalue weighted by Gasteiger charge is 2.24. The largest absolute Gasteiger partial charge is 0.386 e. The van der Waals surface area contributed by atoms with Crippen molar-refractivity contribution in [3.63, 3.8) is 0 Å². The Morgan fingerprint density at radius 3 is 2.25 bits per heavy atom. The zero-order chi connectivity index (χ0) is 26.6. The van der Waals surface area contributed by atoms with Crippen LogP contribution in [0.15, 0.2) is 30.3 Å². The number of carbonyl (C=O) groups is 1. The molecule has 1 aromatic carbocycles. The van der Waals surface area contributed by atoms with Crippen molar-refractivity contribution in [1.29, 1.82) is 0 Å². The van der Waals surface area contributed by atoms with E-state index in [9.17, 15) is 18.7 Å². The molecule has 3 rings (SSSR count). The number of aryl methyl sites for hydroxylation is 1. The Kier molecular flexibility index (Phi) is 8.81. The summed E-state index contributed by atoms with van der Waals surface area (Å²) in [4.78, 5) is 19.3. The van der Waals surface area contributed by atoms with Gasteiger partial charge < -0.3 is 16.2 Å². The van der Waals surface area contributed by atoms with E-state index in [1.165, 1.54) is 19.9 Å². The van der Waals surface area contributed by atoms with Gasteiger partial charge in [-0.25, -0.2) is 13.8 Å². The number of nitrogens with one attached hydrogen (secondary N) is 1. The number of aliphatic hydroxyl groups is 1. The van der Waals surface area contributed by atoms with Gasteiger partial charge in [-0.2, -0.15) is 0 Å². The summed E-state index contributed by atoms with van der Waals surface area (Å²) in [7, 11) is 0. The first-order valence-electron chi connectivity index (χ1n) is 12.1. The van der Waals surface area contributed by atoms with Gasteiger partial charge in [-0.05, 0) is 82.1 Å². The van der Waals surface area contributed by atoms with Crippen LogP contribution in [0.25, 0.3) is 10.4 Å². The Bertz CT molecular complexity index is 1210. The Hall–Kier alpha value is -2.88. The molecule has 0 atom stereocenters. The zero-order valence-electron chi connectivity index (χ0n) is 21.4. The van der Waals surface area contributed by atoms with E-state index in [-0.39, 0.29) is 21.6 Å². The highest BCUT2D eigenvalue weighted by Crippen LogP contribution is 2.40. The predicted octanol–water partition coefficient (Wildman–Crippen LogP) is 6.09. The number of hydrogen-bond acceptors (Lipinski definition) is 6. The van der Waals surface area contributed by atoms with Gasteiger partial charge in [0.25, 0.3) is 5.91 Å². The number of nitrogens with two attached hydrogens (primary N) is 1. The van der Waals surface area contributed by atoms with Gasteiger partial charge in [0.1, 0.15) is 22.5 Å². The maximum atomic E-state index is 14.9. The van der Waals surface area contributed by atoms with Crippen LogP contribution in [-0.4, -0.2) is 34.0 Å². The van der Waals surface area contributed by atoms with E-state index in [1.54, 1.807) is 0 Å². The minimum atomic E-state index is -1.40. The number of hydrogen-bond donors (Lipinski definition) is 3. The van der Waals surface area contributed by atoms with E-state index < -0.39 is 23.1 Å². The number of rotatable bonds is 11. The minimum absolute atomic E-state index is 0.112. The highest BCUT2D eigenvalue weighted by atomic mass is 32.1. The molecule has 0 aliphatic heterocycles. The van der Waals surface area contributed by atoms with Crippen LogP contribution in [0.3, 0.4) is 0 Å². The van der Waals surface area contributed by atoms with Crippen molar-refractivity contribution in [2.75, 3.05) is 18.4 Å². The number of aromatic nitrogens is 1. The smallest absolute Gasteiger partial charge is 0.251 e. The van der Waals surface area contributed by atoms with E-state index in [4.69, 9.17) is 5.73 Å². The quantitative estimate of drug-likeness (QED) is 0.287. The Morgan fingerprint density at radius 2 is 1.75 bits per heavy atom. The van der Waals surface area contributed by atoms with Crippen molar-refractivity contribution in [3.05, 3.63) is 64.4 Å². The van der Waals surface area contributed by atoms with Crippen LogP contribution in [0, 0.1) is 18.6 Å². The molecule has 0 aliphatic carbocycles. The Balaban J connectivity index is 1.92. The number of primary amides is 1. The molecule has 36 heavy (non-hydrogen) atoms. The summed E-state index contributed by atoms with van der Waals surface area (Å²) >= 11 is 1.01. The summed E-state index contributed by atoms with van der Waals surface area (Å²) in [5, 5.41) is 13.6. The van der Waals surface area contributed by atoms with Gasteiger partial charge in [0, 0.05) is 17.1 Å². The minimum Gasteiger partial charge on any atom is -0.386 e. The molecule has 0 spiro atoms. The second-order valence-corrected chi connectivity index (χ2v) is 10.5. The molecule has 0 saturated carbocycles. The molecule has 0 fully saturated rings. The first-order chi connectivity index (χ1) is 16.9. The van der Waals surface area contributed by atoms with Gasteiger partial charge in [0.05, 0.1) is 16.7 Å². The lowest BCUT2D eigenvalue weighted by atomic mass is 9.96. The number of benzene rings is 1. The third-order valence-corrected chi connectivity index (χ3v) is 6.97. The second-order valence-electron chi connectivity index (χ2n) is 9.43. The maximum Gasteiger partial charge on any atom is 0.251 e. The lowest BCUT2D eigenvalue weighted by Crippen LogP contribution is -2.25. The molecule has 1 amide bonds. The monoisotopic (exact) mass is 516 g/mol. The molecule has 3 aromatic rings. The van der Waals surface area contributed by atoms with Gasteiger partial charge in [-0.3, -0.25) is 9.69 Å².